The lowest BCUT2D eigenvalue weighted by molar-refractivity contribution is 0.173. The Balaban J connectivity index is 2.14. The highest BCUT2D eigenvalue weighted by molar-refractivity contribution is 6.31. The third-order valence-corrected chi connectivity index (χ3v) is 2.69. The summed E-state index contributed by atoms with van der Waals surface area (Å²) in [7, 11) is 0. The lowest BCUT2D eigenvalue weighted by atomic mass is 10.1. The van der Waals surface area contributed by atoms with Crippen molar-refractivity contribution in [1.82, 2.24) is 9.97 Å². The Kier molecular flexibility index (Phi) is 3.49. The Labute approximate surface area is 98.8 Å². The summed E-state index contributed by atoms with van der Waals surface area (Å²) in [5, 5.41) is 10.6. The molecule has 2 aromatic rings. The van der Waals surface area contributed by atoms with Crippen molar-refractivity contribution < 1.29 is 5.11 Å². The zero-order valence-corrected chi connectivity index (χ0v) is 9.30. The molecule has 0 spiro atoms. The predicted molar refractivity (Wildman–Crippen MR) is 62.1 cm³/mol. The molecule has 3 nitrogen and oxygen atoms in total. The molecule has 0 aliphatic rings. The van der Waals surface area contributed by atoms with Gasteiger partial charge < -0.3 is 5.11 Å². The predicted octanol–water partition coefficient (Wildman–Crippen LogP) is 2.41. The molecule has 1 heterocycles. The molecular formula is C12H11ClN2O. The molecule has 0 amide bonds. The number of aromatic nitrogens is 2. The number of hydrogen-bond donors (Lipinski definition) is 1. The van der Waals surface area contributed by atoms with Gasteiger partial charge in [0, 0.05) is 17.6 Å². The van der Waals surface area contributed by atoms with Crippen LogP contribution in [0.5, 0.6) is 0 Å². The van der Waals surface area contributed by atoms with Gasteiger partial charge in [-0.3, -0.25) is 0 Å². The maximum Gasteiger partial charge on any atom is 0.115 e. The number of hydrogen-bond acceptors (Lipinski definition) is 3. The van der Waals surface area contributed by atoms with Crippen LogP contribution < -0.4 is 0 Å². The number of aliphatic hydroxyl groups excluding tert-OH is 1. The van der Waals surface area contributed by atoms with E-state index in [0.717, 1.165) is 5.56 Å². The number of benzene rings is 1. The zero-order valence-electron chi connectivity index (χ0n) is 8.55. The van der Waals surface area contributed by atoms with Crippen molar-refractivity contribution in [3.05, 3.63) is 59.1 Å². The first kappa shape index (κ1) is 11.0. The molecule has 1 aromatic carbocycles. The van der Waals surface area contributed by atoms with Crippen molar-refractivity contribution in [2.45, 2.75) is 12.5 Å². The van der Waals surface area contributed by atoms with Crippen LogP contribution in [0.4, 0.5) is 0 Å². The Bertz CT molecular complexity index is 462. The first-order valence-electron chi connectivity index (χ1n) is 4.95. The van der Waals surface area contributed by atoms with E-state index in [1.807, 2.05) is 24.3 Å². The van der Waals surface area contributed by atoms with Crippen molar-refractivity contribution in [3.63, 3.8) is 0 Å². The van der Waals surface area contributed by atoms with Crippen LogP contribution in [0, 0.1) is 0 Å². The minimum Gasteiger partial charge on any atom is -0.386 e. The number of halogens is 1. The average Bonchev–Trinajstić information content (AvgIpc) is 2.33. The minimum absolute atomic E-state index is 0.455. The molecule has 0 saturated carbocycles. The Morgan fingerprint density at radius 1 is 1.25 bits per heavy atom. The van der Waals surface area contributed by atoms with Gasteiger partial charge in [0.1, 0.15) is 12.4 Å². The van der Waals surface area contributed by atoms with E-state index in [1.165, 1.54) is 6.33 Å². The first-order valence-corrected chi connectivity index (χ1v) is 5.32. The van der Waals surface area contributed by atoms with E-state index in [9.17, 15) is 5.11 Å². The van der Waals surface area contributed by atoms with Crippen molar-refractivity contribution in [2.75, 3.05) is 0 Å². The van der Waals surface area contributed by atoms with Crippen molar-refractivity contribution in [1.29, 1.82) is 0 Å². The van der Waals surface area contributed by atoms with E-state index in [1.54, 1.807) is 12.3 Å². The molecule has 0 saturated heterocycles. The van der Waals surface area contributed by atoms with Crippen LogP contribution in [0.25, 0.3) is 0 Å². The molecule has 0 bridgehead atoms. The fraction of sp³-hybridized carbons (Fsp3) is 0.167. The Morgan fingerprint density at radius 2 is 2.06 bits per heavy atom. The second kappa shape index (κ2) is 5.05. The van der Waals surface area contributed by atoms with Crippen LogP contribution in [0.3, 0.4) is 0 Å². The first-order chi connectivity index (χ1) is 7.77. The van der Waals surface area contributed by atoms with E-state index < -0.39 is 6.10 Å². The second-order valence-corrected chi connectivity index (χ2v) is 3.85. The molecule has 16 heavy (non-hydrogen) atoms. The van der Waals surface area contributed by atoms with Crippen LogP contribution in [0.2, 0.25) is 5.02 Å². The van der Waals surface area contributed by atoms with E-state index >= 15 is 0 Å². The van der Waals surface area contributed by atoms with Gasteiger partial charge in [0.05, 0.1) is 5.69 Å². The van der Waals surface area contributed by atoms with Crippen LogP contribution in [0.1, 0.15) is 17.4 Å². The molecule has 0 radical (unpaired) electrons. The molecule has 2 rings (SSSR count). The molecule has 82 valence electrons. The molecule has 1 aromatic heterocycles. The number of aliphatic hydroxyl groups is 1. The van der Waals surface area contributed by atoms with E-state index in [-0.39, 0.29) is 0 Å². The average molecular weight is 235 g/mol. The van der Waals surface area contributed by atoms with Crippen LogP contribution >= 0.6 is 11.6 Å². The fourth-order valence-electron chi connectivity index (χ4n) is 1.47. The smallest absolute Gasteiger partial charge is 0.115 e. The van der Waals surface area contributed by atoms with Gasteiger partial charge in [0.25, 0.3) is 0 Å². The summed E-state index contributed by atoms with van der Waals surface area (Å²) in [6.07, 6.45) is 2.84. The van der Waals surface area contributed by atoms with Gasteiger partial charge in [-0.25, -0.2) is 9.97 Å². The summed E-state index contributed by atoms with van der Waals surface area (Å²) < 4.78 is 0. The quantitative estimate of drug-likeness (QED) is 0.887. The minimum atomic E-state index is -0.650. The molecule has 1 atom stereocenters. The summed E-state index contributed by atoms with van der Waals surface area (Å²) in [6, 6.07) is 9.16. The number of nitrogens with zero attached hydrogens (tertiary/aromatic N) is 2. The van der Waals surface area contributed by atoms with Gasteiger partial charge in [-0.05, 0) is 17.7 Å². The third kappa shape index (κ3) is 2.56. The fourth-order valence-corrected chi connectivity index (χ4v) is 1.69. The SMILES string of the molecule is OC(Cc1ccccc1Cl)c1ccncn1. The van der Waals surface area contributed by atoms with Gasteiger partial charge >= 0.3 is 0 Å². The molecular weight excluding hydrogens is 224 g/mol. The summed E-state index contributed by atoms with van der Waals surface area (Å²) in [4.78, 5) is 7.80. The Hall–Kier alpha value is -1.45. The zero-order chi connectivity index (χ0) is 11.4. The maximum atomic E-state index is 9.95. The molecule has 0 fully saturated rings. The van der Waals surface area contributed by atoms with Crippen LogP contribution in [-0.2, 0) is 6.42 Å². The van der Waals surface area contributed by atoms with Gasteiger partial charge in [0.2, 0.25) is 0 Å². The van der Waals surface area contributed by atoms with Gasteiger partial charge in [-0.2, -0.15) is 0 Å². The Morgan fingerprint density at radius 3 is 2.75 bits per heavy atom. The number of rotatable bonds is 3. The largest absolute Gasteiger partial charge is 0.386 e. The molecule has 0 aliphatic heterocycles. The standard InChI is InChI=1S/C12H11ClN2O/c13-10-4-2-1-3-9(10)7-12(16)11-5-6-14-8-15-11/h1-6,8,12,16H,7H2. The van der Waals surface area contributed by atoms with Crippen LogP contribution in [-0.4, -0.2) is 15.1 Å². The van der Waals surface area contributed by atoms with Gasteiger partial charge in [0.15, 0.2) is 0 Å². The van der Waals surface area contributed by atoms with Gasteiger partial charge in [-0.1, -0.05) is 29.8 Å². The highest BCUT2D eigenvalue weighted by Gasteiger charge is 2.11. The molecule has 1 N–H and O–H groups in total. The van der Waals surface area contributed by atoms with Crippen molar-refractivity contribution in [3.8, 4) is 0 Å². The molecule has 4 heteroatoms. The summed E-state index contributed by atoms with van der Waals surface area (Å²) in [6.45, 7) is 0. The highest BCUT2D eigenvalue weighted by Crippen LogP contribution is 2.21. The second-order valence-electron chi connectivity index (χ2n) is 3.45. The van der Waals surface area contributed by atoms with E-state index in [0.29, 0.717) is 17.1 Å². The highest BCUT2D eigenvalue weighted by atomic mass is 35.5. The molecule has 0 aliphatic carbocycles. The molecule has 1 unspecified atom stereocenters. The van der Waals surface area contributed by atoms with Crippen molar-refractivity contribution >= 4 is 11.6 Å². The lowest BCUT2D eigenvalue weighted by Gasteiger charge is -2.10. The van der Waals surface area contributed by atoms with Crippen molar-refractivity contribution in [2.24, 2.45) is 0 Å². The normalized spacial score (nSPS) is 12.4. The third-order valence-electron chi connectivity index (χ3n) is 2.32. The van der Waals surface area contributed by atoms with Gasteiger partial charge in [-0.15, -0.1) is 0 Å². The summed E-state index contributed by atoms with van der Waals surface area (Å²) in [5.74, 6) is 0. The van der Waals surface area contributed by atoms with E-state index in [4.69, 9.17) is 11.6 Å². The lowest BCUT2D eigenvalue weighted by Crippen LogP contribution is -2.04. The van der Waals surface area contributed by atoms with Crippen LogP contribution in [0.15, 0.2) is 42.9 Å². The monoisotopic (exact) mass is 234 g/mol. The topological polar surface area (TPSA) is 46.0 Å². The van der Waals surface area contributed by atoms with E-state index in [2.05, 4.69) is 9.97 Å². The maximum absolute atomic E-state index is 9.95. The summed E-state index contributed by atoms with van der Waals surface area (Å²) >= 11 is 6.01. The summed E-state index contributed by atoms with van der Waals surface area (Å²) in [5.41, 5.74) is 1.52.